The third kappa shape index (κ3) is 3.23. The van der Waals surface area contributed by atoms with Crippen molar-refractivity contribution in [2.24, 2.45) is 17.3 Å². The minimum Gasteiger partial charge on any atom is -0.319 e. The molecule has 2 fully saturated rings. The highest BCUT2D eigenvalue weighted by molar-refractivity contribution is 4.90. The second-order valence-corrected chi connectivity index (χ2v) is 6.72. The molecule has 1 saturated carbocycles. The number of nitrogens with one attached hydrogen (secondary N) is 1. The Morgan fingerprint density at radius 1 is 1.18 bits per heavy atom. The first-order chi connectivity index (χ1) is 8.15. The number of rotatable bonds is 4. The Kier molecular flexibility index (Phi) is 4.48. The predicted octanol–water partition coefficient (Wildman–Crippen LogP) is 2.74. The van der Waals surface area contributed by atoms with Crippen LogP contribution in [0.4, 0.5) is 0 Å². The molecule has 1 aliphatic heterocycles. The molecule has 1 aliphatic carbocycles. The molecule has 0 spiro atoms. The molecule has 100 valence electrons. The summed E-state index contributed by atoms with van der Waals surface area (Å²) in [6, 6.07) is 0. The average molecular weight is 238 g/mol. The van der Waals surface area contributed by atoms with Crippen LogP contribution < -0.4 is 5.32 Å². The zero-order chi connectivity index (χ0) is 12.3. The van der Waals surface area contributed by atoms with E-state index < -0.39 is 0 Å². The summed E-state index contributed by atoms with van der Waals surface area (Å²) >= 11 is 0. The smallest absolute Gasteiger partial charge is 0.00503 e. The number of hydrogen-bond acceptors (Lipinski definition) is 2. The highest BCUT2D eigenvalue weighted by Crippen LogP contribution is 2.39. The number of nitrogens with zero attached hydrogens (tertiary/aromatic N) is 1. The van der Waals surface area contributed by atoms with E-state index in [1.54, 1.807) is 0 Å². The second-order valence-electron chi connectivity index (χ2n) is 6.72. The van der Waals surface area contributed by atoms with Crippen LogP contribution in [0.25, 0.3) is 0 Å². The average Bonchev–Trinajstić information content (AvgIpc) is 2.73. The molecule has 17 heavy (non-hydrogen) atoms. The topological polar surface area (TPSA) is 15.3 Å². The van der Waals surface area contributed by atoms with E-state index in [0.29, 0.717) is 5.41 Å². The molecule has 2 rings (SSSR count). The first-order valence-electron chi connectivity index (χ1n) is 7.52. The van der Waals surface area contributed by atoms with Crippen LogP contribution in [-0.4, -0.2) is 38.1 Å². The zero-order valence-electron chi connectivity index (χ0n) is 12.0. The van der Waals surface area contributed by atoms with Crippen LogP contribution >= 0.6 is 0 Å². The summed E-state index contributed by atoms with van der Waals surface area (Å²) in [6.07, 6.45) is 7.17. The molecular weight excluding hydrogens is 208 g/mol. The monoisotopic (exact) mass is 238 g/mol. The fourth-order valence-electron chi connectivity index (χ4n) is 3.86. The van der Waals surface area contributed by atoms with Crippen LogP contribution in [0.2, 0.25) is 0 Å². The van der Waals surface area contributed by atoms with Crippen LogP contribution in [0.15, 0.2) is 0 Å². The standard InChI is InChI=1S/C15H30N2/c1-13-6-9-17(10-14(13)2)12-15(11-16-3)7-4-5-8-15/h13-14,16H,4-12H2,1-3H3. The van der Waals surface area contributed by atoms with Crippen molar-refractivity contribution in [3.8, 4) is 0 Å². The fourth-order valence-corrected chi connectivity index (χ4v) is 3.86. The molecule has 1 N–H and O–H groups in total. The summed E-state index contributed by atoms with van der Waals surface area (Å²) in [5.41, 5.74) is 0.592. The van der Waals surface area contributed by atoms with Crippen molar-refractivity contribution in [2.75, 3.05) is 33.2 Å². The van der Waals surface area contributed by atoms with Crippen molar-refractivity contribution >= 4 is 0 Å². The lowest BCUT2D eigenvalue weighted by Gasteiger charge is -2.41. The Labute approximate surface area is 107 Å². The van der Waals surface area contributed by atoms with E-state index in [9.17, 15) is 0 Å². The van der Waals surface area contributed by atoms with E-state index in [1.165, 1.54) is 58.3 Å². The number of piperidine rings is 1. The summed E-state index contributed by atoms with van der Waals surface area (Å²) in [7, 11) is 2.11. The van der Waals surface area contributed by atoms with Crippen molar-refractivity contribution in [1.29, 1.82) is 0 Å². The summed E-state index contributed by atoms with van der Waals surface area (Å²) in [5.74, 6) is 1.81. The molecule has 2 unspecified atom stereocenters. The van der Waals surface area contributed by atoms with Gasteiger partial charge in [0, 0.05) is 19.6 Å². The molecule has 0 aromatic heterocycles. The van der Waals surface area contributed by atoms with Crippen LogP contribution in [0.1, 0.15) is 46.0 Å². The normalized spacial score (nSPS) is 34.1. The number of hydrogen-bond donors (Lipinski definition) is 1. The van der Waals surface area contributed by atoms with Crippen LogP contribution in [-0.2, 0) is 0 Å². The van der Waals surface area contributed by atoms with Crippen LogP contribution in [0.5, 0.6) is 0 Å². The van der Waals surface area contributed by atoms with Gasteiger partial charge in [-0.15, -0.1) is 0 Å². The van der Waals surface area contributed by atoms with Gasteiger partial charge in [-0.1, -0.05) is 26.7 Å². The van der Waals surface area contributed by atoms with Gasteiger partial charge in [0.15, 0.2) is 0 Å². The molecule has 0 bridgehead atoms. The van der Waals surface area contributed by atoms with Gasteiger partial charge < -0.3 is 10.2 Å². The Balaban J connectivity index is 1.90. The fraction of sp³-hybridized carbons (Fsp3) is 1.00. The third-order valence-corrected chi connectivity index (χ3v) is 5.19. The molecule has 1 saturated heterocycles. The molecule has 2 atom stereocenters. The SMILES string of the molecule is CNCC1(CN2CCC(C)C(C)C2)CCCC1. The largest absolute Gasteiger partial charge is 0.319 e. The van der Waals surface area contributed by atoms with Gasteiger partial charge >= 0.3 is 0 Å². The molecule has 0 radical (unpaired) electrons. The molecular formula is C15H30N2. The molecule has 0 amide bonds. The van der Waals surface area contributed by atoms with E-state index in [1.807, 2.05) is 0 Å². The highest BCUT2D eigenvalue weighted by atomic mass is 15.1. The molecule has 1 heterocycles. The van der Waals surface area contributed by atoms with Gasteiger partial charge in [0.05, 0.1) is 0 Å². The molecule has 2 nitrogen and oxygen atoms in total. The van der Waals surface area contributed by atoms with Crippen LogP contribution in [0, 0.1) is 17.3 Å². The van der Waals surface area contributed by atoms with Crippen LogP contribution in [0.3, 0.4) is 0 Å². The quantitative estimate of drug-likeness (QED) is 0.810. The van der Waals surface area contributed by atoms with Gasteiger partial charge in [-0.2, -0.15) is 0 Å². The van der Waals surface area contributed by atoms with E-state index in [-0.39, 0.29) is 0 Å². The minimum absolute atomic E-state index is 0.592. The Morgan fingerprint density at radius 3 is 2.47 bits per heavy atom. The maximum Gasteiger partial charge on any atom is 0.00503 e. The van der Waals surface area contributed by atoms with Crippen molar-refractivity contribution in [2.45, 2.75) is 46.0 Å². The van der Waals surface area contributed by atoms with E-state index in [2.05, 4.69) is 31.1 Å². The van der Waals surface area contributed by atoms with Crippen molar-refractivity contribution in [3.05, 3.63) is 0 Å². The first-order valence-corrected chi connectivity index (χ1v) is 7.52. The second kappa shape index (κ2) is 5.71. The summed E-state index contributed by atoms with van der Waals surface area (Å²) in [5, 5.41) is 3.43. The highest BCUT2D eigenvalue weighted by Gasteiger charge is 2.36. The maximum absolute atomic E-state index is 3.43. The first kappa shape index (κ1) is 13.4. The number of likely N-dealkylation sites (tertiary alicyclic amines) is 1. The Hall–Kier alpha value is -0.0800. The van der Waals surface area contributed by atoms with Gasteiger partial charge in [0.1, 0.15) is 0 Å². The summed E-state index contributed by atoms with van der Waals surface area (Å²) in [4.78, 5) is 2.74. The van der Waals surface area contributed by atoms with Crippen molar-refractivity contribution < 1.29 is 0 Å². The molecule has 2 aliphatic rings. The molecule has 0 aromatic rings. The van der Waals surface area contributed by atoms with Crippen molar-refractivity contribution in [3.63, 3.8) is 0 Å². The lowest BCUT2D eigenvalue weighted by molar-refractivity contribution is 0.0845. The maximum atomic E-state index is 3.43. The lowest BCUT2D eigenvalue weighted by Crippen LogP contribution is -2.46. The predicted molar refractivity (Wildman–Crippen MR) is 74.2 cm³/mol. The van der Waals surface area contributed by atoms with Crippen molar-refractivity contribution in [1.82, 2.24) is 10.2 Å². The van der Waals surface area contributed by atoms with Gasteiger partial charge in [0.2, 0.25) is 0 Å². The molecule has 2 heteroatoms. The third-order valence-electron chi connectivity index (χ3n) is 5.19. The van der Waals surface area contributed by atoms with E-state index >= 15 is 0 Å². The van der Waals surface area contributed by atoms with E-state index in [4.69, 9.17) is 0 Å². The Bertz CT molecular complexity index is 233. The summed E-state index contributed by atoms with van der Waals surface area (Å²) < 4.78 is 0. The van der Waals surface area contributed by atoms with Gasteiger partial charge in [-0.05, 0) is 50.1 Å². The molecule has 0 aromatic carbocycles. The van der Waals surface area contributed by atoms with Gasteiger partial charge in [0.25, 0.3) is 0 Å². The summed E-state index contributed by atoms with van der Waals surface area (Å²) in [6.45, 7) is 10.1. The van der Waals surface area contributed by atoms with Gasteiger partial charge in [-0.25, -0.2) is 0 Å². The lowest BCUT2D eigenvalue weighted by atomic mass is 9.82. The van der Waals surface area contributed by atoms with E-state index in [0.717, 1.165) is 11.8 Å². The zero-order valence-corrected chi connectivity index (χ0v) is 12.0. The van der Waals surface area contributed by atoms with Gasteiger partial charge in [-0.3, -0.25) is 0 Å². The minimum atomic E-state index is 0.592. The Morgan fingerprint density at radius 2 is 1.88 bits per heavy atom.